The molecule has 4 nitrogen and oxygen atoms in total. The van der Waals surface area contributed by atoms with Gasteiger partial charge in [0.1, 0.15) is 22.2 Å². The molecule has 146 valence electrons. The van der Waals surface area contributed by atoms with E-state index in [1.54, 1.807) is 5.43 Å². The van der Waals surface area contributed by atoms with Gasteiger partial charge in [-0.1, -0.05) is 32.4 Å². The number of rotatable bonds is 4. The molecule has 0 spiro atoms. The molecule has 0 unspecified atom stereocenters. The predicted molar refractivity (Wildman–Crippen MR) is 96.8 cm³/mol. The van der Waals surface area contributed by atoms with Crippen LogP contribution in [0.2, 0.25) is 5.02 Å². The van der Waals surface area contributed by atoms with Crippen LogP contribution in [0, 0.1) is 11.2 Å². The molecule has 1 heterocycles. The van der Waals surface area contributed by atoms with E-state index in [2.05, 4.69) is 5.10 Å². The Morgan fingerprint density at radius 1 is 1.22 bits per heavy atom. The first-order valence-electron chi connectivity index (χ1n) is 7.65. The molecule has 0 aliphatic heterocycles. The maximum absolute atomic E-state index is 13.3. The summed E-state index contributed by atoms with van der Waals surface area (Å²) in [5.74, 6) is -2.19. The molecule has 0 bridgehead atoms. The number of ketones is 1. The third kappa shape index (κ3) is 5.04. The van der Waals surface area contributed by atoms with Crippen LogP contribution in [0.25, 0.3) is 10.1 Å². The van der Waals surface area contributed by atoms with Crippen molar-refractivity contribution in [3.8, 4) is 0 Å². The molecule has 0 aliphatic carbocycles. The Bertz CT molecular complexity index is 929. The zero-order valence-corrected chi connectivity index (χ0v) is 16.1. The molecule has 0 radical (unpaired) electrons. The summed E-state index contributed by atoms with van der Waals surface area (Å²) in [6.45, 7) is 4.45. The van der Waals surface area contributed by atoms with Crippen molar-refractivity contribution >= 4 is 50.4 Å². The van der Waals surface area contributed by atoms with Gasteiger partial charge >= 0.3 is 6.18 Å². The van der Waals surface area contributed by atoms with Crippen molar-refractivity contribution in [2.45, 2.75) is 33.4 Å². The number of halogens is 5. The summed E-state index contributed by atoms with van der Waals surface area (Å²) in [5.41, 5.74) is -0.621. The van der Waals surface area contributed by atoms with Crippen LogP contribution in [0.3, 0.4) is 0 Å². The van der Waals surface area contributed by atoms with E-state index in [0.29, 0.717) is 10.1 Å². The highest BCUT2D eigenvalue weighted by atomic mass is 35.5. The molecule has 0 saturated heterocycles. The van der Waals surface area contributed by atoms with E-state index >= 15 is 0 Å². The van der Waals surface area contributed by atoms with Gasteiger partial charge in [0, 0.05) is 15.5 Å². The number of hydrogen-bond acceptors (Lipinski definition) is 4. The molecule has 1 aromatic carbocycles. The summed E-state index contributed by atoms with van der Waals surface area (Å²) >= 11 is 6.88. The number of Topliss-reactive ketones (excluding diaryl/α,β-unsaturated/α-hetero) is 1. The Balaban J connectivity index is 2.29. The smallest absolute Gasteiger partial charge is 0.299 e. The largest absolute Gasteiger partial charge is 0.431 e. The van der Waals surface area contributed by atoms with Crippen molar-refractivity contribution in [3.63, 3.8) is 0 Å². The van der Waals surface area contributed by atoms with Gasteiger partial charge in [-0.05, 0) is 18.2 Å². The molecule has 2 aromatic rings. The van der Waals surface area contributed by atoms with Gasteiger partial charge in [-0.25, -0.2) is 9.82 Å². The Morgan fingerprint density at radius 2 is 1.85 bits per heavy atom. The zero-order chi connectivity index (χ0) is 20.6. The number of hydrazone groups is 1. The second-order valence-corrected chi connectivity index (χ2v) is 8.16. The van der Waals surface area contributed by atoms with E-state index in [1.165, 1.54) is 26.8 Å². The van der Waals surface area contributed by atoms with Crippen molar-refractivity contribution in [3.05, 3.63) is 33.9 Å². The first-order valence-corrected chi connectivity index (χ1v) is 8.85. The fraction of sp³-hybridized carbons (Fsp3) is 0.353. The minimum Gasteiger partial charge on any atom is -0.299 e. The highest BCUT2D eigenvalue weighted by molar-refractivity contribution is 7.21. The van der Waals surface area contributed by atoms with Crippen LogP contribution in [-0.2, 0) is 4.79 Å². The number of carbonyl (C=O) groups excluding carboxylic acids is 2. The lowest BCUT2D eigenvalue weighted by Gasteiger charge is -2.18. The van der Waals surface area contributed by atoms with Crippen LogP contribution >= 0.6 is 22.9 Å². The lowest BCUT2D eigenvalue weighted by Crippen LogP contribution is -2.33. The minimum absolute atomic E-state index is 0.0120. The fourth-order valence-corrected chi connectivity index (χ4v) is 3.41. The van der Waals surface area contributed by atoms with Gasteiger partial charge in [-0.3, -0.25) is 9.59 Å². The molecular weight excluding hydrogens is 408 g/mol. The van der Waals surface area contributed by atoms with Gasteiger partial charge in [0.05, 0.1) is 11.4 Å². The summed E-state index contributed by atoms with van der Waals surface area (Å²) in [7, 11) is 0. The average Bonchev–Trinajstić information content (AvgIpc) is 2.85. The van der Waals surface area contributed by atoms with Crippen molar-refractivity contribution < 1.29 is 27.2 Å². The normalized spacial score (nSPS) is 13.1. The van der Waals surface area contributed by atoms with E-state index in [-0.39, 0.29) is 9.90 Å². The lowest BCUT2D eigenvalue weighted by atomic mass is 9.88. The summed E-state index contributed by atoms with van der Waals surface area (Å²) < 4.78 is 53.0. The summed E-state index contributed by atoms with van der Waals surface area (Å²) in [5, 5.41) is 3.49. The van der Waals surface area contributed by atoms with Gasteiger partial charge in [-0.15, -0.1) is 11.3 Å². The Hall–Kier alpha value is -2.00. The molecule has 10 heteroatoms. The SMILES string of the molecule is CC(C)(C)C(=O)CC(=NNC(=O)c1sc2cc(F)ccc2c1Cl)C(F)(F)F. The standard InChI is InChI=1S/C17H15ClF4N2O2S/c1-16(2,3)12(25)7-11(17(20,21)22)23-24-15(26)14-13(18)9-5-4-8(19)6-10(9)27-14/h4-6H,7H2,1-3H3,(H,24,26). The van der Waals surface area contributed by atoms with E-state index in [0.717, 1.165) is 23.5 Å². The number of thiophene rings is 1. The topological polar surface area (TPSA) is 58.5 Å². The van der Waals surface area contributed by atoms with Crippen molar-refractivity contribution in [1.29, 1.82) is 0 Å². The number of carbonyl (C=O) groups is 2. The average molecular weight is 423 g/mol. The number of benzene rings is 1. The third-order valence-corrected chi connectivity index (χ3v) is 5.24. The van der Waals surface area contributed by atoms with Gasteiger partial charge in [0.2, 0.25) is 0 Å². The number of nitrogens with one attached hydrogen (secondary N) is 1. The maximum Gasteiger partial charge on any atom is 0.431 e. The minimum atomic E-state index is -4.89. The van der Waals surface area contributed by atoms with Crippen molar-refractivity contribution in [1.82, 2.24) is 5.43 Å². The van der Waals surface area contributed by atoms with E-state index in [4.69, 9.17) is 11.6 Å². The van der Waals surface area contributed by atoms with Crippen molar-refractivity contribution in [2.75, 3.05) is 0 Å². The first-order chi connectivity index (χ1) is 12.3. The summed E-state index contributed by atoms with van der Waals surface area (Å²) in [6, 6.07) is 3.68. The van der Waals surface area contributed by atoms with Gasteiger partial charge in [0.25, 0.3) is 5.91 Å². The number of alkyl halides is 3. The number of nitrogens with zero attached hydrogens (tertiary/aromatic N) is 1. The molecule has 1 aromatic heterocycles. The molecule has 0 saturated carbocycles. The Morgan fingerprint density at radius 3 is 2.41 bits per heavy atom. The van der Waals surface area contributed by atoms with Crippen LogP contribution in [0.1, 0.15) is 36.9 Å². The molecule has 1 amide bonds. The van der Waals surface area contributed by atoms with E-state index in [9.17, 15) is 27.2 Å². The van der Waals surface area contributed by atoms with Crippen LogP contribution in [0.15, 0.2) is 23.3 Å². The highest BCUT2D eigenvalue weighted by Crippen LogP contribution is 2.35. The van der Waals surface area contributed by atoms with Crippen LogP contribution < -0.4 is 5.43 Å². The molecule has 1 N–H and O–H groups in total. The molecule has 0 aliphatic rings. The molecule has 2 rings (SSSR count). The Labute approximate surface area is 161 Å². The fourth-order valence-electron chi connectivity index (χ4n) is 1.97. The lowest BCUT2D eigenvalue weighted by molar-refractivity contribution is -0.126. The monoisotopic (exact) mass is 422 g/mol. The second-order valence-electron chi connectivity index (χ2n) is 6.73. The second kappa shape index (κ2) is 7.55. The summed E-state index contributed by atoms with van der Waals surface area (Å²) in [4.78, 5) is 24.0. The van der Waals surface area contributed by atoms with Gasteiger partial charge < -0.3 is 0 Å². The molecule has 0 fully saturated rings. The van der Waals surface area contributed by atoms with Crippen LogP contribution in [0.5, 0.6) is 0 Å². The van der Waals surface area contributed by atoms with Crippen LogP contribution in [0.4, 0.5) is 17.6 Å². The quantitative estimate of drug-likeness (QED) is 0.410. The number of amides is 1. The predicted octanol–water partition coefficient (Wildman–Crippen LogP) is 5.35. The molecular formula is C17H15ClF4N2O2S. The van der Waals surface area contributed by atoms with Gasteiger partial charge in [0.15, 0.2) is 0 Å². The number of fused-ring (bicyclic) bond motifs is 1. The van der Waals surface area contributed by atoms with E-state index < -0.39 is 41.2 Å². The van der Waals surface area contributed by atoms with E-state index in [1.807, 2.05) is 0 Å². The Kier molecular flexibility index (Phi) is 5.96. The zero-order valence-electron chi connectivity index (χ0n) is 14.5. The number of hydrogen-bond donors (Lipinski definition) is 1. The third-order valence-electron chi connectivity index (χ3n) is 3.58. The highest BCUT2D eigenvalue weighted by Gasteiger charge is 2.39. The molecule has 0 atom stereocenters. The van der Waals surface area contributed by atoms with Crippen LogP contribution in [-0.4, -0.2) is 23.6 Å². The maximum atomic E-state index is 13.3. The first kappa shape index (κ1) is 21.3. The molecule has 27 heavy (non-hydrogen) atoms. The summed E-state index contributed by atoms with van der Waals surface area (Å²) in [6.07, 6.45) is -5.86. The van der Waals surface area contributed by atoms with Crippen molar-refractivity contribution in [2.24, 2.45) is 10.5 Å². The van der Waals surface area contributed by atoms with Gasteiger partial charge in [-0.2, -0.15) is 18.3 Å².